The van der Waals surface area contributed by atoms with Gasteiger partial charge in [-0.1, -0.05) is 26.0 Å². The van der Waals surface area contributed by atoms with Crippen LogP contribution in [0.15, 0.2) is 34.9 Å². The number of rotatable bonds is 7. The van der Waals surface area contributed by atoms with Crippen molar-refractivity contribution in [1.29, 1.82) is 5.26 Å². The molecule has 4 atom stereocenters. The molecule has 3 heterocycles. The smallest absolute Gasteiger partial charge is 0.391 e. The van der Waals surface area contributed by atoms with Crippen LogP contribution in [0.25, 0.3) is 0 Å². The highest BCUT2D eigenvalue weighted by Crippen LogP contribution is 2.32. The predicted octanol–water partition coefficient (Wildman–Crippen LogP) is 1.53. The number of carbonyl (C=O) groups is 3. The minimum absolute atomic E-state index is 0.00433. The molecule has 3 N–H and O–H groups in total. The van der Waals surface area contributed by atoms with Gasteiger partial charge in [0.1, 0.15) is 12.0 Å². The van der Waals surface area contributed by atoms with Crippen LogP contribution in [-0.2, 0) is 9.59 Å². The van der Waals surface area contributed by atoms with Gasteiger partial charge in [0.15, 0.2) is 5.76 Å². The molecule has 208 valence electrons. The maximum Gasteiger partial charge on any atom is 0.416 e. The zero-order valence-electron chi connectivity index (χ0n) is 22.3. The van der Waals surface area contributed by atoms with E-state index in [4.69, 9.17) is 14.5 Å². The Hall–Kier alpha value is -3.95. The van der Waals surface area contributed by atoms with Crippen molar-refractivity contribution >= 4 is 17.9 Å². The molecule has 0 unspecified atom stereocenters. The molecule has 2 saturated heterocycles. The molecule has 2 aliphatic rings. The first-order chi connectivity index (χ1) is 18.7. The number of β-amino-alcohol motifs (C(OH)–C–C–N with tert-alkyl or cyclic N) is 1. The number of ether oxygens (including phenoxy) is 1. The van der Waals surface area contributed by atoms with Crippen LogP contribution in [0.2, 0.25) is 0 Å². The Labute approximate surface area is 226 Å². The van der Waals surface area contributed by atoms with Crippen LogP contribution in [-0.4, -0.2) is 82.8 Å². The summed E-state index contributed by atoms with van der Waals surface area (Å²) in [5, 5.41) is 29.3. The van der Waals surface area contributed by atoms with Gasteiger partial charge in [0.05, 0.1) is 23.8 Å². The number of aromatic nitrogens is 1. The molecule has 1 aromatic heterocycles. The van der Waals surface area contributed by atoms with Crippen LogP contribution in [0.5, 0.6) is 5.88 Å². The fraction of sp³-hybridized carbons (Fsp3) is 0.519. The first-order valence-electron chi connectivity index (χ1n) is 13.1. The number of hydrogen-bond acceptors (Lipinski definition) is 9. The summed E-state index contributed by atoms with van der Waals surface area (Å²) in [6, 6.07) is 9.12. The molecule has 0 saturated carbocycles. The second-order valence-corrected chi connectivity index (χ2v) is 10.3. The van der Waals surface area contributed by atoms with Crippen LogP contribution in [0.1, 0.15) is 56.0 Å². The molecule has 0 bridgehead atoms. The van der Waals surface area contributed by atoms with Gasteiger partial charge in [-0.3, -0.25) is 9.59 Å². The average Bonchev–Trinajstić information content (AvgIpc) is 3.55. The molecule has 3 amide bonds. The number of aliphatic hydroxyl groups excluding tert-OH is 1. The SMILES string of the molecule is CC(C)[C@H](C(=O)N1C[C@H](O)C[C@H]1C(=O)N[C@@H](C)c1ccc(C#N)cc1)c1cc(OC(=O)N2CCNCC2)no1. The van der Waals surface area contributed by atoms with Gasteiger partial charge < -0.3 is 34.8 Å². The maximum atomic E-state index is 13.7. The maximum absolute atomic E-state index is 13.7. The third-order valence-corrected chi connectivity index (χ3v) is 7.08. The van der Waals surface area contributed by atoms with E-state index in [2.05, 4.69) is 21.9 Å². The molecule has 4 rings (SSSR count). The van der Waals surface area contributed by atoms with Gasteiger partial charge in [-0.25, -0.2) is 4.79 Å². The fourth-order valence-electron chi connectivity index (χ4n) is 4.93. The number of hydrogen-bond donors (Lipinski definition) is 3. The lowest BCUT2D eigenvalue weighted by Gasteiger charge is -2.29. The lowest BCUT2D eigenvalue weighted by Crippen LogP contribution is -2.48. The number of aliphatic hydroxyl groups is 1. The number of nitrogens with one attached hydrogen (secondary N) is 2. The summed E-state index contributed by atoms with van der Waals surface area (Å²) in [5.41, 5.74) is 1.32. The second-order valence-electron chi connectivity index (χ2n) is 10.3. The van der Waals surface area contributed by atoms with Crippen LogP contribution >= 0.6 is 0 Å². The van der Waals surface area contributed by atoms with Gasteiger partial charge in [0.25, 0.3) is 5.88 Å². The van der Waals surface area contributed by atoms with Crippen molar-refractivity contribution in [2.24, 2.45) is 5.92 Å². The normalized spacial score (nSPS) is 20.8. The van der Waals surface area contributed by atoms with E-state index in [1.807, 2.05) is 20.8 Å². The second kappa shape index (κ2) is 12.3. The van der Waals surface area contributed by atoms with E-state index in [9.17, 15) is 19.5 Å². The average molecular weight is 539 g/mol. The third-order valence-electron chi connectivity index (χ3n) is 7.08. The summed E-state index contributed by atoms with van der Waals surface area (Å²) in [5.74, 6) is -1.64. The van der Waals surface area contributed by atoms with Crippen molar-refractivity contribution in [3.63, 3.8) is 0 Å². The summed E-state index contributed by atoms with van der Waals surface area (Å²) in [6.45, 7) is 7.87. The molecule has 0 radical (unpaired) electrons. The predicted molar refractivity (Wildman–Crippen MR) is 138 cm³/mol. The van der Waals surface area contributed by atoms with Crippen LogP contribution in [0.4, 0.5) is 4.79 Å². The topological polar surface area (TPSA) is 161 Å². The van der Waals surface area contributed by atoms with E-state index in [0.29, 0.717) is 31.7 Å². The number of benzene rings is 1. The first kappa shape index (κ1) is 28.1. The standard InChI is InChI=1S/C27H34N6O6/c1-16(2)24(22-13-23(31-39-22)38-27(37)32-10-8-29-9-11-32)26(36)33-15-20(34)12-21(33)25(35)30-17(3)19-6-4-18(14-28)5-7-19/h4-7,13,16-17,20-21,24,29,34H,8-12,15H2,1-3H3,(H,30,35)/t17-,20+,21-,24-/m0/s1. The van der Waals surface area contributed by atoms with Crippen LogP contribution < -0.4 is 15.4 Å². The van der Waals surface area contributed by atoms with E-state index in [0.717, 1.165) is 5.56 Å². The highest BCUT2D eigenvalue weighted by atomic mass is 16.6. The summed E-state index contributed by atoms with van der Waals surface area (Å²) >= 11 is 0. The Morgan fingerprint density at radius 2 is 1.90 bits per heavy atom. The molecule has 12 nitrogen and oxygen atoms in total. The van der Waals surface area contributed by atoms with Crippen molar-refractivity contribution in [3.05, 3.63) is 47.2 Å². The van der Waals surface area contributed by atoms with E-state index < -0.39 is 24.2 Å². The van der Waals surface area contributed by atoms with Gasteiger partial charge in [-0.15, -0.1) is 0 Å². The van der Waals surface area contributed by atoms with Gasteiger partial charge >= 0.3 is 6.09 Å². The van der Waals surface area contributed by atoms with E-state index in [1.165, 1.54) is 11.0 Å². The largest absolute Gasteiger partial charge is 0.416 e. The summed E-state index contributed by atoms with van der Waals surface area (Å²) in [7, 11) is 0. The monoisotopic (exact) mass is 538 g/mol. The molecule has 2 fully saturated rings. The van der Waals surface area contributed by atoms with Crippen molar-refractivity contribution < 1.29 is 28.8 Å². The molecular weight excluding hydrogens is 504 g/mol. The number of amides is 3. The zero-order chi connectivity index (χ0) is 28.1. The van der Waals surface area contributed by atoms with E-state index >= 15 is 0 Å². The van der Waals surface area contributed by atoms with Crippen molar-refractivity contribution in [2.45, 2.75) is 51.3 Å². The molecule has 12 heteroatoms. The summed E-state index contributed by atoms with van der Waals surface area (Å²) < 4.78 is 10.8. The minimum atomic E-state index is -0.873. The van der Waals surface area contributed by atoms with E-state index in [-0.39, 0.29) is 48.4 Å². The Kier molecular flexibility index (Phi) is 8.83. The molecule has 39 heavy (non-hydrogen) atoms. The van der Waals surface area contributed by atoms with Crippen molar-refractivity contribution in [3.8, 4) is 11.9 Å². The Morgan fingerprint density at radius 3 is 2.54 bits per heavy atom. The highest BCUT2D eigenvalue weighted by molar-refractivity contribution is 5.91. The quantitative estimate of drug-likeness (QED) is 0.475. The first-order valence-corrected chi connectivity index (χ1v) is 13.1. The Morgan fingerprint density at radius 1 is 1.21 bits per heavy atom. The molecule has 0 spiro atoms. The van der Waals surface area contributed by atoms with Crippen LogP contribution in [0.3, 0.4) is 0 Å². The minimum Gasteiger partial charge on any atom is -0.391 e. The third kappa shape index (κ3) is 6.55. The molecule has 0 aliphatic carbocycles. The number of nitriles is 1. The van der Waals surface area contributed by atoms with Gasteiger partial charge in [0, 0.05) is 45.2 Å². The number of piperazine rings is 1. The molecular formula is C27H34N6O6. The lowest BCUT2D eigenvalue weighted by molar-refractivity contribution is -0.141. The number of nitrogens with zero attached hydrogens (tertiary/aromatic N) is 4. The summed E-state index contributed by atoms with van der Waals surface area (Å²) in [6.07, 6.45) is -1.29. The van der Waals surface area contributed by atoms with Gasteiger partial charge in [0.2, 0.25) is 11.8 Å². The molecule has 2 aromatic rings. The summed E-state index contributed by atoms with van der Waals surface area (Å²) in [4.78, 5) is 42.4. The molecule has 1 aromatic carbocycles. The van der Waals surface area contributed by atoms with Gasteiger partial charge in [-0.05, 0) is 35.7 Å². The number of likely N-dealkylation sites (tertiary alicyclic amines) is 1. The Balaban J connectivity index is 1.45. The van der Waals surface area contributed by atoms with Crippen molar-refractivity contribution in [1.82, 2.24) is 25.6 Å². The number of carbonyl (C=O) groups excluding carboxylic acids is 3. The molecule has 2 aliphatic heterocycles. The van der Waals surface area contributed by atoms with E-state index in [1.54, 1.807) is 29.2 Å². The Bertz CT molecular complexity index is 1220. The fourth-order valence-corrected chi connectivity index (χ4v) is 4.93. The van der Waals surface area contributed by atoms with Gasteiger partial charge in [-0.2, -0.15) is 5.26 Å². The lowest BCUT2D eigenvalue weighted by atomic mass is 9.91. The zero-order valence-corrected chi connectivity index (χ0v) is 22.3. The van der Waals surface area contributed by atoms with Crippen LogP contribution in [0, 0.1) is 17.2 Å². The van der Waals surface area contributed by atoms with Crippen molar-refractivity contribution in [2.75, 3.05) is 32.7 Å². The highest BCUT2D eigenvalue weighted by Gasteiger charge is 2.43.